The van der Waals surface area contributed by atoms with E-state index < -0.39 is 10.0 Å². The highest BCUT2D eigenvalue weighted by Gasteiger charge is 2.32. The third-order valence-electron chi connectivity index (χ3n) is 4.88. The summed E-state index contributed by atoms with van der Waals surface area (Å²) in [5.41, 5.74) is 1.02. The van der Waals surface area contributed by atoms with Crippen molar-refractivity contribution in [2.24, 2.45) is 0 Å². The molecule has 0 saturated carbocycles. The number of fused-ring (bicyclic) bond motifs is 1. The fourth-order valence-electron chi connectivity index (χ4n) is 3.39. The smallest absolute Gasteiger partial charge is 0.243 e. The van der Waals surface area contributed by atoms with Gasteiger partial charge in [-0.1, -0.05) is 6.07 Å². The van der Waals surface area contributed by atoms with E-state index in [1.165, 1.54) is 16.4 Å². The number of nitrogens with zero attached hydrogens (tertiary/aromatic N) is 3. The molecule has 1 aromatic heterocycles. The molecular weight excluding hydrogens is 354 g/mol. The van der Waals surface area contributed by atoms with Crippen LogP contribution in [0.1, 0.15) is 41.7 Å². The lowest BCUT2D eigenvalue weighted by Crippen LogP contribution is -2.35. The minimum Gasteiger partial charge on any atom is -0.445 e. The summed E-state index contributed by atoms with van der Waals surface area (Å²) in [6.07, 6.45) is 2.26. The van der Waals surface area contributed by atoms with Crippen molar-refractivity contribution in [2.45, 2.75) is 36.6 Å². The molecule has 26 heavy (non-hydrogen) atoms. The standard InChI is InChI=1S/C18H19N3O4S/c19-11-13-2-1-3-15(10-13)26(22,23)21-7-4-17-16(12-21)20-18(25-17)14-5-8-24-9-6-14/h1-3,10,14H,4-9,12H2. The summed E-state index contributed by atoms with van der Waals surface area (Å²) >= 11 is 0. The normalized spacial score (nSPS) is 19.0. The molecule has 0 radical (unpaired) electrons. The molecule has 136 valence electrons. The second kappa shape index (κ2) is 6.83. The summed E-state index contributed by atoms with van der Waals surface area (Å²) in [4.78, 5) is 4.72. The third kappa shape index (κ3) is 3.14. The van der Waals surface area contributed by atoms with Gasteiger partial charge in [-0.15, -0.1) is 0 Å². The molecule has 0 N–H and O–H groups in total. The average molecular weight is 373 g/mol. The van der Waals surface area contributed by atoms with Crippen molar-refractivity contribution >= 4 is 10.0 Å². The summed E-state index contributed by atoms with van der Waals surface area (Å²) in [6, 6.07) is 8.07. The van der Waals surface area contributed by atoms with Crippen LogP contribution in [0.4, 0.5) is 0 Å². The third-order valence-corrected chi connectivity index (χ3v) is 6.72. The van der Waals surface area contributed by atoms with Gasteiger partial charge in [0, 0.05) is 32.1 Å². The molecule has 3 heterocycles. The molecule has 0 spiro atoms. The largest absolute Gasteiger partial charge is 0.445 e. The Bertz CT molecular complexity index is 955. The van der Waals surface area contributed by atoms with Crippen molar-refractivity contribution in [1.29, 1.82) is 5.26 Å². The highest BCUT2D eigenvalue weighted by Crippen LogP contribution is 2.31. The Morgan fingerprint density at radius 2 is 2.08 bits per heavy atom. The lowest BCUT2D eigenvalue weighted by atomic mass is 10.0. The minimum absolute atomic E-state index is 0.133. The minimum atomic E-state index is -3.67. The fraction of sp³-hybridized carbons (Fsp3) is 0.444. The van der Waals surface area contributed by atoms with E-state index in [9.17, 15) is 8.42 Å². The lowest BCUT2D eigenvalue weighted by molar-refractivity contribution is 0.0791. The zero-order valence-electron chi connectivity index (χ0n) is 14.2. The quantitative estimate of drug-likeness (QED) is 0.818. The Labute approximate surface area is 152 Å². The van der Waals surface area contributed by atoms with Crippen molar-refractivity contribution in [1.82, 2.24) is 9.29 Å². The van der Waals surface area contributed by atoms with Gasteiger partial charge in [0.25, 0.3) is 0 Å². The molecule has 7 nitrogen and oxygen atoms in total. The van der Waals surface area contributed by atoms with Gasteiger partial charge < -0.3 is 9.15 Å². The summed E-state index contributed by atoms with van der Waals surface area (Å²) in [7, 11) is -3.67. The molecule has 4 rings (SSSR count). The fourth-order valence-corrected chi connectivity index (χ4v) is 4.84. The summed E-state index contributed by atoms with van der Waals surface area (Å²) in [5, 5.41) is 9.01. The van der Waals surface area contributed by atoms with Gasteiger partial charge in [-0.05, 0) is 31.0 Å². The van der Waals surface area contributed by atoms with E-state index in [-0.39, 0.29) is 17.4 Å². The zero-order valence-corrected chi connectivity index (χ0v) is 15.0. The topological polar surface area (TPSA) is 96.4 Å². The Morgan fingerprint density at radius 1 is 1.27 bits per heavy atom. The molecule has 0 atom stereocenters. The number of oxazole rings is 1. The Balaban J connectivity index is 1.57. The van der Waals surface area contributed by atoms with Crippen LogP contribution in [0, 0.1) is 11.3 Å². The molecular formula is C18H19N3O4S. The van der Waals surface area contributed by atoms with Crippen molar-refractivity contribution in [3.63, 3.8) is 0 Å². The van der Waals surface area contributed by atoms with Gasteiger partial charge in [0.1, 0.15) is 5.76 Å². The number of sulfonamides is 1. The first-order valence-corrected chi connectivity index (χ1v) is 10.1. The van der Waals surface area contributed by atoms with E-state index in [0.29, 0.717) is 43.3 Å². The molecule has 0 bridgehead atoms. The second-order valence-corrected chi connectivity index (χ2v) is 8.47. The summed E-state index contributed by atoms with van der Waals surface area (Å²) in [5.74, 6) is 1.72. The molecule has 2 aliphatic rings. The van der Waals surface area contributed by atoms with Crippen LogP contribution in [0.5, 0.6) is 0 Å². The highest BCUT2D eigenvalue weighted by molar-refractivity contribution is 7.89. The lowest BCUT2D eigenvalue weighted by Gasteiger charge is -2.24. The number of benzene rings is 1. The van der Waals surface area contributed by atoms with E-state index in [2.05, 4.69) is 4.98 Å². The predicted molar refractivity (Wildman–Crippen MR) is 91.8 cm³/mol. The molecule has 8 heteroatoms. The molecule has 0 unspecified atom stereocenters. The Morgan fingerprint density at radius 3 is 2.85 bits per heavy atom. The number of hydrogen-bond acceptors (Lipinski definition) is 6. The van der Waals surface area contributed by atoms with Gasteiger partial charge >= 0.3 is 0 Å². The predicted octanol–water partition coefficient (Wildman–Crippen LogP) is 2.19. The van der Waals surface area contributed by atoms with E-state index in [0.717, 1.165) is 18.6 Å². The number of nitriles is 1. The zero-order chi connectivity index (χ0) is 18.1. The van der Waals surface area contributed by atoms with Gasteiger partial charge in [0.15, 0.2) is 5.89 Å². The van der Waals surface area contributed by atoms with E-state index in [4.69, 9.17) is 14.4 Å². The maximum absolute atomic E-state index is 12.9. The van der Waals surface area contributed by atoms with Crippen LogP contribution in [-0.4, -0.2) is 37.5 Å². The second-order valence-electron chi connectivity index (χ2n) is 6.54. The van der Waals surface area contributed by atoms with Crippen LogP contribution in [0.2, 0.25) is 0 Å². The maximum atomic E-state index is 12.9. The molecule has 0 amide bonds. The number of ether oxygens (including phenoxy) is 1. The van der Waals surface area contributed by atoms with Gasteiger partial charge in [-0.2, -0.15) is 9.57 Å². The van der Waals surface area contributed by atoms with Crippen molar-refractivity contribution in [2.75, 3.05) is 19.8 Å². The van der Waals surface area contributed by atoms with Gasteiger partial charge in [0.2, 0.25) is 10.0 Å². The monoisotopic (exact) mass is 373 g/mol. The van der Waals surface area contributed by atoms with Gasteiger partial charge in [0.05, 0.1) is 28.8 Å². The SMILES string of the molecule is N#Cc1cccc(S(=O)(=O)N2CCc3oc(C4CCOCC4)nc3C2)c1. The average Bonchev–Trinajstić information content (AvgIpc) is 3.12. The highest BCUT2D eigenvalue weighted by atomic mass is 32.2. The number of hydrogen-bond donors (Lipinski definition) is 0. The molecule has 2 aliphatic heterocycles. The van der Waals surface area contributed by atoms with Crippen molar-refractivity contribution < 1.29 is 17.6 Å². The van der Waals surface area contributed by atoms with Crippen LogP contribution in [0.25, 0.3) is 0 Å². The van der Waals surface area contributed by atoms with Gasteiger partial charge in [-0.3, -0.25) is 0 Å². The van der Waals surface area contributed by atoms with Crippen LogP contribution < -0.4 is 0 Å². The summed E-state index contributed by atoms with van der Waals surface area (Å²) in [6.45, 7) is 1.94. The first-order chi connectivity index (χ1) is 12.6. The summed E-state index contributed by atoms with van der Waals surface area (Å²) < 4.78 is 38.5. The number of rotatable bonds is 3. The van der Waals surface area contributed by atoms with Gasteiger partial charge in [-0.25, -0.2) is 13.4 Å². The maximum Gasteiger partial charge on any atom is 0.243 e. The molecule has 1 aromatic carbocycles. The van der Waals surface area contributed by atoms with Crippen LogP contribution >= 0.6 is 0 Å². The van der Waals surface area contributed by atoms with Crippen LogP contribution in [0.3, 0.4) is 0 Å². The van der Waals surface area contributed by atoms with E-state index in [1.54, 1.807) is 12.1 Å². The van der Waals surface area contributed by atoms with Crippen molar-refractivity contribution in [3.8, 4) is 6.07 Å². The molecule has 1 saturated heterocycles. The Kier molecular flexibility index (Phi) is 4.53. The van der Waals surface area contributed by atoms with Crippen molar-refractivity contribution in [3.05, 3.63) is 47.2 Å². The van der Waals surface area contributed by atoms with E-state index in [1.807, 2.05) is 6.07 Å². The first kappa shape index (κ1) is 17.2. The van der Waals surface area contributed by atoms with Crippen LogP contribution in [0.15, 0.2) is 33.6 Å². The van der Waals surface area contributed by atoms with E-state index >= 15 is 0 Å². The Hall–Kier alpha value is -2.21. The molecule has 0 aliphatic carbocycles. The number of aromatic nitrogens is 1. The molecule has 1 fully saturated rings. The molecule has 2 aromatic rings. The first-order valence-electron chi connectivity index (χ1n) is 8.64. The van der Waals surface area contributed by atoms with Crippen LogP contribution in [-0.2, 0) is 27.7 Å².